The van der Waals surface area contributed by atoms with Crippen molar-refractivity contribution in [3.63, 3.8) is 0 Å². The van der Waals surface area contributed by atoms with Gasteiger partial charge in [0.15, 0.2) is 0 Å². The molecular weight excluding hydrogens is 246 g/mol. The summed E-state index contributed by atoms with van der Waals surface area (Å²) in [5.41, 5.74) is 1.32. The van der Waals surface area contributed by atoms with E-state index in [2.05, 4.69) is 35.7 Å². The Kier molecular flexibility index (Phi) is 3.07. The zero-order valence-electron chi connectivity index (χ0n) is 12.1. The highest BCUT2D eigenvalue weighted by atomic mass is 16.5. The van der Waals surface area contributed by atoms with Crippen LogP contribution in [0, 0.1) is 23.7 Å². The third-order valence-electron chi connectivity index (χ3n) is 5.71. The molecule has 106 valence electrons. The quantitative estimate of drug-likeness (QED) is 0.846. The van der Waals surface area contributed by atoms with E-state index in [1.807, 2.05) is 6.07 Å². The Hall–Kier alpha value is -1.28. The number of methoxy groups -OCH3 is 1. The highest BCUT2D eigenvalue weighted by molar-refractivity contribution is 5.28. The van der Waals surface area contributed by atoms with Crippen molar-refractivity contribution in [3.8, 4) is 5.75 Å². The fraction of sp³-hybridized carbons (Fsp3) is 0.556. The second-order valence-electron chi connectivity index (χ2n) is 6.64. The van der Waals surface area contributed by atoms with Crippen LogP contribution in [0.2, 0.25) is 0 Å². The van der Waals surface area contributed by atoms with Gasteiger partial charge in [0.05, 0.1) is 7.11 Å². The Morgan fingerprint density at radius 3 is 3.10 bits per heavy atom. The third kappa shape index (κ3) is 1.98. The van der Waals surface area contributed by atoms with Gasteiger partial charge in [0, 0.05) is 12.6 Å². The third-order valence-corrected chi connectivity index (χ3v) is 5.71. The lowest BCUT2D eigenvalue weighted by molar-refractivity contribution is 0.230. The molecule has 2 unspecified atom stereocenters. The number of allylic oxidation sites excluding steroid dienone is 2. The van der Waals surface area contributed by atoms with Gasteiger partial charge in [-0.15, -0.1) is 0 Å². The predicted molar refractivity (Wildman–Crippen MR) is 80.6 cm³/mol. The predicted octanol–water partition coefficient (Wildman–Crippen LogP) is 3.39. The van der Waals surface area contributed by atoms with Gasteiger partial charge in [-0.1, -0.05) is 24.3 Å². The number of hydrogen-bond donors (Lipinski definition) is 1. The summed E-state index contributed by atoms with van der Waals surface area (Å²) in [6.07, 6.45) is 9.09. The molecule has 1 N–H and O–H groups in total. The van der Waals surface area contributed by atoms with Crippen molar-refractivity contribution >= 4 is 0 Å². The van der Waals surface area contributed by atoms with Crippen molar-refractivity contribution in [2.75, 3.05) is 7.11 Å². The first kappa shape index (κ1) is 12.5. The van der Waals surface area contributed by atoms with Crippen LogP contribution in [0.15, 0.2) is 36.4 Å². The van der Waals surface area contributed by atoms with Gasteiger partial charge in [0.25, 0.3) is 0 Å². The number of nitrogens with one attached hydrogen (secondary N) is 1. The molecule has 0 heterocycles. The van der Waals surface area contributed by atoms with Crippen LogP contribution in [-0.4, -0.2) is 13.2 Å². The molecule has 0 aliphatic heterocycles. The lowest BCUT2D eigenvalue weighted by atomic mass is 9.79. The fourth-order valence-corrected chi connectivity index (χ4v) is 4.81. The topological polar surface area (TPSA) is 21.3 Å². The number of rotatable bonds is 4. The van der Waals surface area contributed by atoms with E-state index in [0.29, 0.717) is 0 Å². The Balaban J connectivity index is 1.40. The summed E-state index contributed by atoms with van der Waals surface area (Å²) in [7, 11) is 1.73. The Labute approximate surface area is 121 Å². The van der Waals surface area contributed by atoms with Crippen molar-refractivity contribution in [1.29, 1.82) is 0 Å². The van der Waals surface area contributed by atoms with Gasteiger partial charge >= 0.3 is 0 Å². The molecule has 2 nitrogen and oxygen atoms in total. The molecule has 0 spiro atoms. The van der Waals surface area contributed by atoms with Crippen molar-refractivity contribution < 1.29 is 4.74 Å². The van der Waals surface area contributed by atoms with Crippen LogP contribution in [0.25, 0.3) is 0 Å². The highest BCUT2D eigenvalue weighted by Crippen LogP contribution is 2.56. The molecule has 20 heavy (non-hydrogen) atoms. The molecule has 4 rings (SSSR count). The monoisotopic (exact) mass is 269 g/mol. The maximum Gasteiger partial charge on any atom is 0.119 e. The summed E-state index contributed by atoms with van der Waals surface area (Å²) in [5.74, 6) is 4.67. The van der Waals surface area contributed by atoms with Gasteiger partial charge < -0.3 is 10.1 Å². The smallest absolute Gasteiger partial charge is 0.119 e. The normalized spacial score (nSPS) is 37.4. The van der Waals surface area contributed by atoms with E-state index in [1.165, 1.54) is 24.8 Å². The Morgan fingerprint density at radius 2 is 2.20 bits per heavy atom. The minimum atomic E-state index is 0.718. The van der Waals surface area contributed by atoms with E-state index in [1.54, 1.807) is 7.11 Å². The first-order chi connectivity index (χ1) is 9.85. The lowest BCUT2D eigenvalue weighted by Crippen LogP contribution is -2.38. The average Bonchev–Trinajstić information content (AvgIpc) is 3.17. The van der Waals surface area contributed by atoms with Gasteiger partial charge in [-0.2, -0.15) is 0 Å². The van der Waals surface area contributed by atoms with Crippen molar-refractivity contribution in [2.24, 2.45) is 23.7 Å². The molecule has 1 aromatic rings. The standard InChI is InChI=1S/C18H23NO/c1-20-14-5-2-4-12(8-14)11-19-18-10-13-9-17(18)16-7-3-6-15(13)16/h2-5,7-8,13,15-19H,6,9-11H2,1H3/t13?,15-,16-,17?,18-/m1/s1. The highest BCUT2D eigenvalue weighted by Gasteiger charge is 2.51. The SMILES string of the molecule is COc1cccc(CN[C@@H]2CC3CC2[C@@H]2C=CC[C@H]32)c1. The minimum absolute atomic E-state index is 0.718. The molecule has 2 bridgehead atoms. The zero-order valence-corrected chi connectivity index (χ0v) is 12.1. The van der Waals surface area contributed by atoms with E-state index in [9.17, 15) is 0 Å². The van der Waals surface area contributed by atoms with Crippen LogP contribution >= 0.6 is 0 Å². The molecule has 3 aliphatic carbocycles. The molecule has 1 aromatic carbocycles. The van der Waals surface area contributed by atoms with Crippen LogP contribution in [0.4, 0.5) is 0 Å². The Bertz CT molecular complexity index is 524. The van der Waals surface area contributed by atoms with E-state index >= 15 is 0 Å². The molecule has 2 saturated carbocycles. The van der Waals surface area contributed by atoms with Gasteiger partial charge in [0.2, 0.25) is 0 Å². The Morgan fingerprint density at radius 1 is 1.25 bits per heavy atom. The van der Waals surface area contributed by atoms with Crippen LogP contribution in [0.1, 0.15) is 24.8 Å². The van der Waals surface area contributed by atoms with Crippen molar-refractivity contribution in [2.45, 2.75) is 31.8 Å². The minimum Gasteiger partial charge on any atom is -0.497 e. The largest absolute Gasteiger partial charge is 0.497 e. The summed E-state index contributed by atoms with van der Waals surface area (Å²) in [6.45, 7) is 0.964. The molecule has 0 saturated heterocycles. The molecule has 0 amide bonds. The summed E-state index contributed by atoms with van der Waals surface area (Å²) >= 11 is 0. The van der Waals surface area contributed by atoms with Crippen LogP contribution < -0.4 is 10.1 Å². The van der Waals surface area contributed by atoms with E-state index in [-0.39, 0.29) is 0 Å². The summed E-state index contributed by atoms with van der Waals surface area (Å²) in [6, 6.07) is 9.12. The maximum atomic E-state index is 5.30. The summed E-state index contributed by atoms with van der Waals surface area (Å²) in [5, 5.41) is 3.80. The first-order valence-corrected chi connectivity index (χ1v) is 7.88. The van der Waals surface area contributed by atoms with Crippen LogP contribution in [0.5, 0.6) is 5.75 Å². The van der Waals surface area contributed by atoms with Crippen molar-refractivity contribution in [1.82, 2.24) is 5.32 Å². The molecule has 0 radical (unpaired) electrons. The second kappa shape index (κ2) is 4.92. The van der Waals surface area contributed by atoms with Crippen molar-refractivity contribution in [3.05, 3.63) is 42.0 Å². The lowest BCUT2D eigenvalue weighted by Gasteiger charge is -2.32. The molecule has 2 heteroatoms. The van der Waals surface area contributed by atoms with E-state index in [4.69, 9.17) is 4.74 Å². The number of fused-ring (bicyclic) bond motifs is 5. The summed E-state index contributed by atoms with van der Waals surface area (Å²) < 4.78 is 5.30. The molecular formula is C18H23NO. The summed E-state index contributed by atoms with van der Waals surface area (Å²) in [4.78, 5) is 0. The van der Waals surface area contributed by atoms with E-state index in [0.717, 1.165) is 42.0 Å². The van der Waals surface area contributed by atoms with Gasteiger partial charge in [-0.25, -0.2) is 0 Å². The molecule has 0 aromatic heterocycles. The van der Waals surface area contributed by atoms with Gasteiger partial charge in [-0.3, -0.25) is 0 Å². The second-order valence-corrected chi connectivity index (χ2v) is 6.64. The number of benzene rings is 1. The molecule has 5 atom stereocenters. The van der Waals surface area contributed by atoms with Crippen LogP contribution in [0.3, 0.4) is 0 Å². The zero-order chi connectivity index (χ0) is 13.5. The number of hydrogen-bond acceptors (Lipinski definition) is 2. The fourth-order valence-electron chi connectivity index (χ4n) is 4.81. The van der Waals surface area contributed by atoms with E-state index < -0.39 is 0 Å². The molecule has 2 fully saturated rings. The maximum absolute atomic E-state index is 5.30. The first-order valence-electron chi connectivity index (χ1n) is 7.88. The average molecular weight is 269 g/mol. The van der Waals surface area contributed by atoms with Gasteiger partial charge in [-0.05, 0) is 60.6 Å². The molecule has 3 aliphatic rings. The van der Waals surface area contributed by atoms with Gasteiger partial charge in [0.1, 0.15) is 5.75 Å². The number of ether oxygens (including phenoxy) is 1. The van der Waals surface area contributed by atoms with Crippen LogP contribution in [-0.2, 0) is 6.54 Å².